The van der Waals surface area contributed by atoms with Gasteiger partial charge in [0.25, 0.3) is 0 Å². The Bertz CT molecular complexity index is 428. The molecule has 0 bridgehead atoms. The molecule has 1 N–H and O–H groups in total. The predicted molar refractivity (Wildman–Crippen MR) is 66.1 cm³/mol. The van der Waals surface area contributed by atoms with Crippen LogP contribution >= 0.6 is 0 Å². The number of aryl methyl sites for hydroxylation is 2. The molecule has 0 aliphatic carbocycles. The SMILES string of the molecule is CCc1cc(CS(=O)C(C)CC(=O)O)n(C)n1. The number of carboxylic acid groups (broad SMARTS) is 1. The van der Waals surface area contributed by atoms with E-state index in [9.17, 15) is 9.00 Å². The Morgan fingerprint density at radius 2 is 2.29 bits per heavy atom. The molecule has 0 aliphatic heterocycles. The molecular formula is C11H18N2O3S. The Morgan fingerprint density at radius 3 is 2.76 bits per heavy atom. The number of hydrogen-bond donors (Lipinski definition) is 1. The van der Waals surface area contributed by atoms with Gasteiger partial charge in [0.15, 0.2) is 0 Å². The van der Waals surface area contributed by atoms with E-state index in [4.69, 9.17) is 5.11 Å². The van der Waals surface area contributed by atoms with E-state index in [0.29, 0.717) is 5.75 Å². The highest BCUT2D eigenvalue weighted by Crippen LogP contribution is 2.11. The maximum absolute atomic E-state index is 11.9. The minimum atomic E-state index is -1.18. The molecule has 2 unspecified atom stereocenters. The fraction of sp³-hybridized carbons (Fsp3) is 0.636. The zero-order valence-electron chi connectivity index (χ0n) is 10.3. The minimum Gasteiger partial charge on any atom is -0.481 e. The molecule has 1 aromatic rings. The molecular weight excluding hydrogens is 240 g/mol. The highest BCUT2D eigenvalue weighted by atomic mass is 32.2. The molecule has 2 atom stereocenters. The molecule has 1 aromatic heterocycles. The Morgan fingerprint density at radius 1 is 1.65 bits per heavy atom. The van der Waals surface area contributed by atoms with Gasteiger partial charge in [-0.05, 0) is 12.5 Å². The summed E-state index contributed by atoms with van der Waals surface area (Å²) in [6.07, 6.45) is 0.774. The first kappa shape index (κ1) is 13.9. The molecule has 6 heteroatoms. The summed E-state index contributed by atoms with van der Waals surface area (Å²) in [6, 6.07) is 1.92. The van der Waals surface area contributed by atoms with Crippen molar-refractivity contribution < 1.29 is 14.1 Å². The summed E-state index contributed by atoms with van der Waals surface area (Å²) >= 11 is 0. The van der Waals surface area contributed by atoms with Crippen molar-refractivity contribution in [2.75, 3.05) is 0 Å². The van der Waals surface area contributed by atoms with Crippen LogP contribution in [0.15, 0.2) is 6.07 Å². The van der Waals surface area contributed by atoms with Crippen molar-refractivity contribution in [3.63, 3.8) is 0 Å². The average molecular weight is 258 g/mol. The second kappa shape index (κ2) is 5.95. The number of carboxylic acids is 1. The summed E-state index contributed by atoms with van der Waals surface area (Å²) in [5.41, 5.74) is 1.85. The summed E-state index contributed by atoms with van der Waals surface area (Å²) < 4.78 is 13.6. The number of aromatic nitrogens is 2. The molecule has 96 valence electrons. The van der Waals surface area contributed by atoms with E-state index in [1.165, 1.54) is 0 Å². The molecule has 1 heterocycles. The average Bonchev–Trinajstić information content (AvgIpc) is 2.58. The first-order chi connectivity index (χ1) is 7.93. The lowest BCUT2D eigenvalue weighted by Crippen LogP contribution is -2.18. The van der Waals surface area contributed by atoms with Crippen LogP contribution in [-0.4, -0.2) is 30.3 Å². The van der Waals surface area contributed by atoms with E-state index in [1.807, 2.05) is 20.0 Å². The van der Waals surface area contributed by atoms with Gasteiger partial charge < -0.3 is 5.11 Å². The number of rotatable bonds is 6. The standard InChI is InChI=1S/C11H18N2O3S/c1-4-9-6-10(13(3)12-9)7-17(16)8(2)5-11(14)15/h6,8H,4-5,7H2,1-3H3,(H,14,15). The van der Waals surface area contributed by atoms with E-state index in [1.54, 1.807) is 11.6 Å². The van der Waals surface area contributed by atoms with E-state index in [0.717, 1.165) is 17.8 Å². The second-order valence-corrected chi connectivity index (χ2v) is 5.89. The molecule has 0 saturated heterocycles. The van der Waals surface area contributed by atoms with Gasteiger partial charge in [0.05, 0.1) is 23.6 Å². The van der Waals surface area contributed by atoms with Crippen molar-refractivity contribution in [3.05, 3.63) is 17.5 Å². The van der Waals surface area contributed by atoms with Crippen LogP contribution in [0.25, 0.3) is 0 Å². The zero-order valence-corrected chi connectivity index (χ0v) is 11.2. The van der Waals surface area contributed by atoms with Crippen LogP contribution in [0.2, 0.25) is 0 Å². The van der Waals surface area contributed by atoms with Gasteiger partial charge in [-0.15, -0.1) is 0 Å². The third kappa shape index (κ3) is 3.96. The van der Waals surface area contributed by atoms with Crippen LogP contribution in [0.3, 0.4) is 0 Å². The molecule has 0 saturated carbocycles. The van der Waals surface area contributed by atoms with Crippen molar-refractivity contribution in [3.8, 4) is 0 Å². The number of carbonyl (C=O) groups is 1. The van der Waals surface area contributed by atoms with Crippen LogP contribution in [0.4, 0.5) is 0 Å². The summed E-state index contributed by atoms with van der Waals surface area (Å²) in [4.78, 5) is 10.5. The van der Waals surface area contributed by atoms with Crippen molar-refractivity contribution in [1.82, 2.24) is 9.78 Å². The molecule has 0 fully saturated rings. The predicted octanol–water partition coefficient (Wildman–Crippen LogP) is 1.09. The number of aliphatic carboxylic acids is 1. The summed E-state index contributed by atoms with van der Waals surface area (Å²) in [5, 5.41) is 12.6. The molecule has 0 spiro atoms. The molecule has 0 aliphatic rings. The summed E-state index contributed by atoms with van der Waals surface area (Å²) in [5.74, 6) is -0.553. The molecule has 17 heavy (non-hydrogen) atoms. The number of nitrogens with zero attached hydrogens (tertiary/aromatic N) is 2. The third-order valence-electron chi connectivity index (χ3n) is 2.59. The van der Waals surface area contributed by atoms with E-state index >= 15 is 0 Å². The first-order valence-electron chi connectivity index (χ1n) is 5.54. The van der Waals surface area contributed by atoms with E-state index in [-0.39, 0.29) is 11.7 Å². The van der Waals surface area contributed by atoms with Crippen molar-refractivity contribution >= 4 is 16.8 Å². The largest absolute Gasteiger partial charge is 0.481 e. The topological polar surface area (TPSA) is 72.2 Å². The minimum absolute atomic E-state index is 0.0644. The van der Waals surface area contributed by atoms with Crippen LogP contribution in [-0.2, 0) is 34.8 Å². The maximum atomic E-state index is 11.9. The summed E-state index contributed by atoms with van der Waals surface area (Å²) in [6.45, 7) is 3.71. The second-order valence-electron chi connectivity index (χ2n) is 4.04. The zero-order chi connectivity index (χ0) is 13.0. The van der Waals surface area contributed by atoms with Gasteiger partial charge in [0.2, 0.25) is 0 Å². The molecule has 0 radical (unpaired) electrons. The van der Waals surface area contributed by atoms with Crippen molar-refractivity contribution in [2.24, 2.45) is 7.05 Å². The Balaban J connectivity index is 2.67. The molecule has 5 nitrogen and oxygen atoms in total. The Kier molecular flexibility index (Phi) is 4.86. The van der Waals surface area contributed by atoms with Gasteiger partial charge in [0.1, 0.15) is 0 Å². The van der Waals surface area contributed by atoms with Crippen molar-refractivity contribution in [2.45, 2.75) is 37.7 Å². The monoisotopic (exact) mass is 258 g/mol. The fourth-order valence-electron chi connectivity index (χ4n) is 1.51. The first-order valence-corrected chi connectivity index (χ1v) is 6.93. The quantitative estimate of drug-likeness (QED) is 0.829. The maximum Gasteiger partial charge on any atom is 0.304 e. The molecule has 0 aromatic carbocycles. The lowest BCUT2D eigenvalue weighted by atomic mass is 10.3. The van der Waals surface area contributed by atoms with Crippen molar-refractivity contribution in [1.29, 1.82) is 0 Å². The smallest absolute Gasteiger partial charge is 0.304 e. The van der Waals surface area contributed by atoms with E-state index < -0.39 is 16.8 Å². The van der Waals surface area contributed by atoms with Crippen LogP contribution in [0.1, 0.15) is 31.7 Å². The summed E-state index contributed by atoms with van der Waals surface area (Å²) in [7, 11) is 0.636. The van der Waals surface area contributed by atoms with Gasteiger partial charge >= 0.3 is 5.97 Å². The van der Waals surface area contributed by atoms with E-state index in [2.05, 4.69) is 5.10 Å². The van der Waals surface area contributed by atoms with Gasteiger partial charge in [-0.2, -0.15) is 5.10 Å². The lowest BCUT2D eigenvalue weighted by molar-refractivity contribution is -0.136. The Labute approximate surface area is 103 Å². The third-order valence-corrected chi connectivity index (χ3v) is 4.24. The molecule has 0 amide bonds. The highest BCUT2D eigenvalue weighted by Gasteiger charge is 2.17. The van der Waals surface area contributed by atoms with Crippen LogP contribution in [0, 0.1) is 0 Å². The highest BCUT2D eigenvalue weighted by molar-refractivity contribution is 7.84. The fourth-order valence-corrected chi connectivity index (χ4v) is 2.68. The normalized spacial score (nSPS) is 14.5. The molecule has 1 rings (SSSR count). The lowest BCUT2D eigenvalue weighted by Gasteiger charge is -2.08. The van der Waals surface area contributed by atoms with Gasteiger partial charge in [-0.25, -0.2) is 0 Å². The number of hydrogen-bond acceptors (Lipinski definition) is 3. The Hall–Kier alpha value is -1.17. The van der Waals surface area contributed by atoms with Gasteiger partial charge in [0, 0.05) is 23.1 Å². The van der Waals surface area contributed by atoms with Crippen LogP contribution < -0.4 is 0 Å². The van der Waals surface area contributed by atoms with Crippen LogP contribution in [0.5, 0.6) is 0 Å². The van der Waals surface area contributed by atoms with Gasteiger partial charge in [-0.1, -0.05) is 13.8 Å². The van der Waals surface area contributed by atoms with Gasteiger partial charge in [-0.3, -0.25) is 13.7 Å².